The topological polar surface area (TPSA) is 88.3 Å². The van der Waals surface area contributed by atoms with Crippen molar-refractivity contribution in [1.82, 2.24) is 15.2 Å². The predicted octanol–water partition coefficient (Wildman–Crippen LogP) is 1.95. The summed E-state index contributed by atoms with van der Waals surface area (Å²) in [6.45, 7) is 2.03. The molecule has 3 N–H and O–H groups in total. The van der Waals surface area contributed by atoms with Gasteiger partial charge in [0.2, 0.25) is 0 Å². The first-order valence-electron chi connectivity index (χ1n) is 8.46. The highest BCUT2D eigenvalue weighted by atomic mass is 16.2. The van der Waals surface area contributed by atoms with E-state index in [1.807, 2.05) is 4.90 Å². The zero-order chi connectivity index (χ0) is 17.6. The Bertz CT molecular complexity index is 723. The molecule has 1 fully saturated rings. The molecule has 6 nitrogen and oxygen atoms in total. The highest BCUT2D eigenvalue weighted by Gasteiger charge is 2.24. The van der Waals surface area contributed by atoms with Gasteiger partial charge in [-0.1, -0.05) is 0 Å². The van der Waals surface area contributed by atoms with Gasteiger partial charge in [-0.2, -0.15) is 0 Å². The smallest absolute Gasteiger partial charge is 0.255 e. The molecule has 1 aliphatic rings. The lowest BCUT2D eigenvalue weighted by Gasteiger charge is -2.32. The maximum atomic E-state index is 12.4. The van der Waals surface area contributed by atoms with Crippen LogP contribution < -0.4 is 11.1 Å². The Morgan fingerprint density at radius 1 is 1.12 bits per heavy atom. The number of amides is 2. The van der Waals surface area contributed by atoms with Crippen LogP contribution in [0.4, 0.5) is 5.69 Å². The van der Waals surface area contributed by atoms with Crippen LogP contribution in [0, 0.1) is 5.92 Å². The summed E-state index contributed by atoms with van der Waals surface area (Å²) in [7, 11) is 0. The zero-order valence-electron chi connectivity index (χ0n) is 14.0. The van der Waals surface area contributed by atoms with E-state index >= 15 is 0 Å². The molecular weight excluding hydrogens is 316 g/mol. The van der Waals surface area contributed by atoms with Gasteiger partial charge in [-0.05, 0) is 55.2 Å². The number of pyridine rings is 1. The van der Waals surface area contributed by atoms with Crippen LogP contribution in [0.5, 0.6) is 0 Å². The molecule has 2 aromatic rings. The van der Waals surface area contributed by atoms with Gasteiger partial charge in [0.25, 0.3) is 11.8 Å². The molecule has 1 aromatic carbocycles. The molecule has 0 aliphatic carbocycles. The normalized spacial score (nSPS) is 15.0. The van der Waals surface area contributed by atoms with Gasteiger partial charge in [0.15, 0.2) is 0 Å². The van der Waals surface area contributed by atoms with Crippen molar-refractivity contribution in [3.05, 3.63) is 59.9 Å². The van der Waals surface area contributed by atoms with Gasteiger partial charge in [-0.3, -0.25) is 14.6 Å². The lowest BCUT2D eigenvalue weighted by molar-refractivity contribution is 0.0684. The summed E-state index contributed by atoms with van der Waals surface area (Å²) in [6.07, 6.45) is 5.02. The number of piperidine rings is 1. The van der Waals surface area contributed by atoms with Crippen molar-refractivity contribution in [2.24, 2.45) is 5.92 Å². The number of nitrogens with one attached hydrogen (secondary N) is 1. The number of likely N-dealkylation sites (tertiary alicyclic amines) is 1. The first-order chi connectivity index (χ1) is 12.1. The number of nitrogens with two attached hydrogens (primary N) is 1. The molecule has 130 valence electrons. The fraction of sp³-hybridized carbons (Fsp3) is 0.316. The standard InChI is InChI=1S/C19H22N4O2/c20-17-5-3-15(4-6-17)18(24)22-12-14-7-10-23(11-8-14)19(25)16-2-1-9-21-13-16/h1-6,9,13-14H,7-8,10-12,20H2,(H,22,24). The van der Waals surface area contributed by atoms with E-state index < -0.39 is 0 Å². The van der Waals surface area contributed by atoms with E-state index in [9.17, 15) is 9.59 Å². The maximum absolute atomic E-state index is 12.4. The lowest BCUT2D eigenvalue weighted by atomic mass is 9.96. The molecule has 0 bridgehead atoms. The van der Waals surface area contributed by atoms with Crippen molar-refractivity contribution in [2.75, 3.05) is 25.4 Å². The average molecular weight is 338 g/mol. The van der Waals surface area contributed by atoms with Crippen LogP contribution in [0.1, 0.15) is 33.6 Å². The maximum Gasteiger partial charge on any atom is 0.255 e. The largest absolute Gasteiger partial charge is 0.399 e. The Morgan fingerprint density at radius 3 is 2.48 bits per heavy atom. The summed E-state index contributed by atoms with van der Waals surface area (Å²) in [5.74, 6) is 0.321. The van der Waals surface area contributed by atoms with Gasteiger partial charge in [0, 0.05) is 43.3 Å². The third kappa shape index (κ3) is 4.35. The molecule has 1 aliphatic heterocycles. The van der Waals surface area contributed by atoms with Gasteiger partial charge in [0.1, 0.15) is 0 Å². The highest BCUT2D eigenvalue weighted by Crippen LogP contribution is 2.18. The molecule has 1 aromatic heterocycles. The van der Waals surface area contributed by atoms with Crippen LogP contribution in [-0.4, -0.2) is 41.3 Å². The number of carbonyl (C=O) groups excluding carboxylic acids is 2. The molecule has 25 heavy (non-hydrogen) atoms. The van der Waals surface area contributed by atoms with Crippen molar-refractivity contribution < 1.29 is 9.59 Å². The number of anilines is 1. The summed E-state index contributed by atoms with van der Waals surface area (Å²) in [5, 5.41) is 2.97. The van der Waals surface area contributed by atoms with Crippen molar-refractivity contribution >= 4 is 17.5 Å². The summed E-state index contributed by atoms with van der Waals surface area (Å²) in [6, 6.07) is 10.4. The molecule has 2 amide bonds. The minimum absolute atomic E-state index is 0.0254. The second-order valence-corrected chi connectivity index (χ2v) is 6.31. The molecule has 2 heterocycles. The molecule has 0 radical (unpaired) electrons. The number of hydrogen-bond donors (Lipinski definition) is 2. The van der Waals surface area contributed by atoms with Gasteiger partial charge >= 0.3 is 0 Å². The Balaban J connectivity index is 1.45. The number of carbonyl (C=O) groups is 2. The van der Waals surface area contributed by atoms with Crippen LogP contribution in [0.15, 0.2) is 48.8 Å². The SMILES string of the molecule is Nc1ccc(C(=O)NCC2CCN(C(=O)c3cccnc3)CC2)cc1. The van der Waals surface area contributed by atoms with Gasteiger partial charge < -0.3 is 16.0 Å². The molecular formula is C19H22N4O2. The second-order valence-electron chi connectivity index (χ2n) is 6.31. The molecule has 6 heteroatoms. The summed E-state index contributed by atoms with van der Waals surface area (Å²) < 4.78 is 0. The van der Waals surface area contributed by atoms with Crippen LogP contribution in [0.2, 0.25) is 0 Å². The highest BCUT2D eigenvalue weighted by molar-refractivity contribution is 5.94. The Morgan fingerprint density at radius 2 is 1.84 bits per heavy atom. The number of rotatable bonds is 4. The minimum atomic E-state index is -0.0890. The number of aromatic nitrogens is 1. The monoisotopic (exact) mass is 338 g/mol. The molecule has 1 saturated heterocycles. The molecule has 0 spiro atoms. The zero-order valence-corrected chi connectivity index (χ0v) is 14.0. The first-order valence-corrected chi connectivity index (χ1v) is 8.46. The second kappa shape index (κ2) is 7.79. The Labute approximate surface area is 147 Å². The van der Waals surface area contributed by atoms with Crippen LogP contribution >= 0.6 is 0 Å². The van der Waals surface area contributed by atoms with E-state index in [-0.39, 0.29) is 11.8 Å². The third-order valence-corrected chi connectivity index (χ3v) is 4.53. The Hall–Kier alpha value is -2.89. The number of benzene rings is 1. The number of nitrogens with zero attached hydrogens (tertiary/aromatic N) is 2. The summed E-state index contributed by atoms with van der Waals surface area (Å²) in [5.41, 5.74) is 7.50. The Kier molecular flexibility index (Phi) is 5.28. The fourth-order valence-electron chi connectivity index (χ4n) is 2.99. The fourth-order valence-corrected chi connectivity index (χ4v) is 2.99. The van der Waals surface area contributed by atoms with Crippen LogP contribution in [0.3, 0.4) is 0 Å². The van der Waals surface area contributed by atoms with E-state index in [0.29, 0.717) is 42.4 Å². The average Bonchev–Trinajstić information content (AvgIpc) is 2.67. The minimum Gasteiger partial charge on any atom is -0.399 e. The third-order valence-electron chi connectivity index (χ3n) is 4.53. The van der Waals surface area contributed by atoms with E-state index in [4.69, 9.17) is 5.73 Å². The van der Waals surface area contributed by atoms with E-state index in [0.717, 1.165) is 12.8 Å². The van der Waals surface area contributed by atoms with Crippen molar-refractivity contribution in [2.45, 2.75) is 12.8 Å². The van der Waals surface area contributed by atoms with Crippen molar-refractivity contribution in [1.29, 1.82) is 0 Å². The van der Waals surface area contributed by atoms with E-state index in [1.165, 1.54) is 0 Å². The lowest BCUT2D eigenvalue weighted by Crippen LogP contribution is -2.41. The number of nitrogen functional groups attached to an aromatic ring is 1. The quantitative estimate of drug-likeness (QED) is 0.834. The summed E-state index contributed by atoms with van der Waals surface area (Å²) in [4.78, 5) is 30.4. The molecule has 3 rings (SSSR count). The van der Waals surface area contributed by atoms with E-state index in [2.05, 4.69) is 10.3 Å². The molecule has 0 saturated carbocycles. The van der Waals surface area contributed by atoms with E-state index in [1.54, 1.807) is 48.8 Å². The van der Waals surface area contributed by atoms with Crippen LogP contribution in [-0.2, 0) is 0 Å². The van der Waals surface area contributed by atoms with Crippen LogP contribution in [0.25, 0.3) is 0 Å². The molecule has 0 unspecified atom stereocenters. The predicted molar refractivity (Wildman–Crippen MR) is 96.1 cm³/mol. The number of hydrogen-bond acceptors (Lipinski definition) is 4. The molecule has 0 atom stereocenters. The van der Waals surface area contributed by atoms with Gasteiger partial charge in [-0.15, -0.1) is 0 Å². The first kappa shape index (κ1) is 17.0. The van der Waals surface area contributed by atoms with Crippen molar-refractivity contribution in [3.63, 3.8) is 0 Å². The summed E-state index contributed by atoms with van der Waals surface area (Å²) >= 11 is 0. The van der Waals surface area contributed by atoms with Gasteiger partial charge in [0.05, 0.1) is 5.56 Å². The van der Waals surface area contributed by atoms with Gasteiger partial charge in [-0.25, -0.2) is 0 Å². The van der Waals surface area contributed by atoms with Crippen molar-refractivity contribution in [3.8, 4) is 0 Å².